The molecule has 3 rings (SSSR count). The van der Waals surface area contributed by atoms with Crippen LogP contribution in [0.15, 0.2) is 12.7 Å². The van der Waals surface area contributed by atoms with Crippen LogP contribution in [0, 0.1) is 5.92 Å². The molecule has 2 aliphatic heterocycles. The molecular formula is C15H24N2O. The van der Waals surface area contributed by atoms with E-state index in [1.807, 2.05) is 6.08 Å². The third kappa shape index (κ3) is 2.61. The molecule has 0 radical (unpaired) electrons. The number of fused-ring (bicyclic) bond motifs is 2. The van der Waals surface area contributed by atoms with Crippen molar-refractivity contribution in [3.05, 3.63) is 12.7 Å². The Balaban J connectivity index is 1.54. The van der Waals surface area contributed by atoms with Crippen molar-refractivity contribution in [1.82, 2.24) is 10.2 Å². The van der Waals surface area contributed by atoms with E-state index in [0.29, 0.717) is 30.0 Å². The molecule has 18 heavy (non-hydrogen) atoms. The molecule has 0 spiro atoms. The number of hydrogen-bond donors (Lipinski definition) is 1. The molecule has 3 fully saturated rings. The molecule has 2 atom stereocenters. The van der Waals surface area contributed by atoms with Gasteiger partial charge in [-0.2, -0.15) is 0 Å². The van der Waals surface area contributed by atoms with Gasteiger partial charge in [0.2, 0.25) is 5.91 Å². The molecule has 100 valence electrons. The summed E-state index contributed by atoms with van der Waals surface area (Å²) in [6, 6.07) is 1.90. The molecule has 2 saturated heterocycles. The van der Waals surface area contributed by atoms with E-state index in [1.54, 1.807) is 0 Å². The zero-order valence-corrected chi connectivity index (χ0v) is 11.1. The fourth-order valence-corrected chi connectivity index (χ4v) is 3.69. The van der Waals surface area contributed by atoms with Gasteiger partial charge in [-0.1, -0.05) is 6.08 Å². The molecule has 2 bridgehead atoms. The van der Waals surface area contributed by atoms with Crippen molar-refractivity contribution in [2.45, 2.75) is 63.1 Å². The van der Waals surface area contributed by atoms with Crippen molar-refractivity contribution in [2.75, 3.05) is 6.54 Å². The molecular weight excluding hydrogens is 224 g/mol. The summed E-state index contributed by atoms with van der Waals surface area (Å²) in [5.41, 5.74) is 0. The zero-order valence-electron chi connectivity index (χ0n) is 11.1. The molecule has 3 aliphatic rings. The highest BCUT2D eigenvalue weighted by atomic mass is 16.2. The first-order valence-corrected chi connectivity index (χ1v) is 7.42. The Kier molecular flexibility index (Phi) is 3.42. The number of hydrogen-bond acceptors (Lipinski definition) is 2. The summed E-state index contributed by atoms with van der Waals surface area (Å²) < 4.78 is 0. The number of nitrogens with one attached hydrogen (secondary N) is 1. The summed E-state index contributed by atoms with van der Waals surface area (Å²) in [6.45, 7) is 4.51. The number of amides is 1. The maximum absolute atomic E-state index is 12.4. The van der Waals surface area contributed by atoms with Gasteiger partial charge in [-0.05, 0) is 44.4 Å². The summed E-state index contributed by atoms with van der Waals surface area (Å²) in [7, 11) is 0. The quantitative estimate of drug-likeness (QED) is 0.756. The zero-order chi connectivity index (χ0) is 12.5. The van der Waals surface area contributed by atoms with E-state index in [2.05, 4.69) is 16.8 Å². The Hall–Kier alpha value is -0.830. The van der Waals surface area contributed by atoms with E-state index in [9.17, 15) is 4.79 Å². The first kappa shape index (κ1) is 12.2. The fraction of sp³-hybridized carbons (Fsp3) is 0.800. The van der Waals surface area contributed by atoms with Crippen molar-refractivity contribution in [1.29, 1.82) is 0 Å². The molecule has 0 aromatic heterocycles. The predicted molar refractivity (Wildman–Crippen MR) is 72.2 cm³/mol. The van der Waals surface area contributed by atoms with E-state index in [-0.39, 0.29) is 0 Å². The minimum atomic E-state index is 0.365. The summed E-state index contributed by atoms with van der Waals surface area (Å²) >= 11 is 0. The largest absolute Gasteiger partial charge is 0.336 e. The summed E-state index contributed by atoms with van der Waals surface area (Å²) in [5, 5.41) is 3.64. The van der Waals surface area contributed by atoms with Crippen molar-refractivity contribution in [3.63, 3.8) is 0 Å². The van der Waals surface area contributed by atoms with Crippen LogP contribution in [0.3, 0.4) is 0 Å². The van der Waals surface area contributed by atoms with Gasteiger partial charge in [-0.25, -0.2) is 0 Å². The number of piperidine rings is 1. The molecule has 3 heteroatoms. The maximum Gasteiger partial charge on any atom is 0.223 e. The lowest BCUT2D eigenvalue weighted by atomic mass is 9.89. The topological polar surface area (TPSA) is 32.3 Å². The molecule has 1 N–H and O–H groups in total. The third-order valence-electron chi connectivity index (χ3n) is 4.67. The number of carbonyl (C=O) groups excluding carboxylic acids is 1. The summed E-state index contributed by atoms with van der Waals surface area (Å²) in [5.74, 6) is 0.978. The van der Waals surface area contributed by atoms with E-state index in [1.165, 1.54) is 38.5 Å². The first-order chi connectivity index (χ1) is 8.76. The Morgan fingerprint density at radius 1 is 1.22 bits per heavy atom. The average Bonchev–Trinajstić information content (AvgIpc) is 3.12. The Bertz CT molecular complexity index is 325. The highest BCUT2D eigenvalue weighted by molar-refractivity contribution is 5.77. The van der Waals surface area contributed by atoms with Crippen LogP contribution in [0.5, 0.6) is 0 Å². The monoisotopic (exact) mass is 248 g/mol. The first-order valence-electron chi connectivity index (χ1n) is 7.42. The number of carbonyl (C=O) groups is 1. The van der Waals surface area contributed by atoms with E-state index < -0.39 is 0 Å². The average molecular weight is 248 g/mol. The molecule has 0 aromatic rings. The van der Waals surface area contributed by atoms with Crippen LogP contribution in [0.4, 0.5) is 0 Å². The van der Waals surface area contributed by atoms with E-state index in [0.717, 1.165) is 13.0 Å². The van der Waals surface area contributed by atoms with Crippen LogP contribution < -0.4 is 5.32 Å². The van der Waals surface area contributed by atoms with Gasteiger partial charge in [0, 0.05) is 31.1 Å². The summed E-state index contributed by atoms with van der Waals surface area (Å²) in [6.07, 6.45) is 10.0. The van der Waals surface area contributed by atoms with Crippen LogP contribution in [-0.2, 0) is 4.79 Å². The van der Waals surface area contributed by atoms with Crippen LogP contribution in [0.25, 0.3) is 0 Å². The normalized spacial score (nSPS) is 34.3. The number of rotatable bonds is 5. The van der Waals surface area contributed by atoms with Gasteiger partial charge >= 0.3 is 0 Å². The van der Waals surface area contributed by atoms with Gasteiger partial charge in [0.25, 0.3) is 0 Å². The standard InChI is InChI=1S/C15H24N2O/c1-2-7-17(14-5-6-14)15(18)10-11-8-12-3-4-13(9-11)16-12/h2,11-14,16H,1,3-10H2. The molecule has 1 aliphatic carbocycles. The molecule has 3 nitrogen and oxygen atoms in total. The second kappa shape index (κ2) is 5.04. The predicted octanol–water partition coefficient (Wildman–Crippen LogP) is 2.08. The lowest BCUT2D eigenvalue weighted by Gasteiger charge is -2.30. The van der Waals surface area contributed by atoms with Crippen LogP contribution >= 0.6 is 0 Å². The van der Waals surface area contributed by atoms with E-state index >= 15 is 0 Å². The van der Waals surface area contributed by atoms with Gasteiger partial charge in [0.1, 0.15) is 0 Å². The number of nitrogens with zero attached hydrogens (tertiary/aromatic N) is 1. The van der Waals surface area contributed by atoms with Crippen LogP contribution in [0.1, 0.15) is 44.9 Å². The minimum Gasteiger partial charge on any atom is -0.336 e. The maximum atomic E-state index is 12.4. The Morgan fingerprint density at radius 2 is 1.89 bits per heavy atom. The molecule has 1 amide bonds. The van der Waals surface area contributed by atoms with Crippen molar-refractivity contribution < 1.29 is 4.79 Å². The second-order valence-corrected chi connectivity index (χ2v) is 6.25. The van der Waals surface area contributed by atoms with Gasteiger partial charge in [-0.15, -0.1) is 6.58 Å². The lowest BCUT2D eigenvalue weighted by molar-refractivity contribution is -0.132. The highest BCUT2D eigenvalue weighted by Gasteiger charge is 2.37. The van der Waals surface area contributed by atoms with Gasteiger partial charge in [0.05, 0.1) is 0 Å². The van der Waals surface area contributed by atoms with Crippen molar-refractivity contribution >= 4 is 5.91 Å². The fourth-order valence-electron chi connectivity index (χ4n) is 3.69. The smallest absolute Gasteiger partial charge is 0.223 e. The molecule has 0 aromatic carbocycles. The van der Waals surface area contributed by atoms with Crippen molar-refractivity contribution in [3.8, 4) is 0 Å². The van der Waals surface area contributed by atoms with Crippen molar-refractivity contribution in [2.24, 2.45) is 5.92 Å². The Labute approximate surface area is 110 Å². The molecule has 2 heterocycles. The van der Waals surface area contributed by atoms with Gasteiger partial charge in [0.15, 0.2) is 0 Å². The molecule has 1 saturated carbocycles. The van der Waals surface area contributed by atoms with E-state index in [4.69, 9.17) is 0 Å². The SMILES string of the molecule is C=CCN(C(=O)CC1CC2CCC(C1)N2)C1CC1. The van der Waals surface area contributed by atoms with Gasteiger partial charge in [-0.3, -0.25) is 4.79 Å². The van der Waals surface area contributed by atoms with Crippen LogP contribution in [-0.4, -0.2) is 35.5 Å². The third-order valence-corrected chi connectivity index (χ3v) is 4.67. The lowest BCUT2D eigenvalue weighted by Crippen LogP contribution is -2.41. The second-order valence-electron chi connectivity index (χ2n) is 6.25. The minimum absolute atomic E-state index is 0.365. The van der Waals surface area contributed by atoms with Gasteiger partial charge < -0.3 is 10.2 Å². The highest BCUT2D eigenvalue weighted by Crippen LogP contribution is 2.34. The molecule has 2 unspecified atom stereocenters. The summed E-state index contributed by atoms with van der Waals surface area (Å²) in [4.78, 5) is 14.4. The van der Waals surface area contributed by atoms with Crippen LogP contribution in [0.2, 0.25) is 0 Å². The Morgan fingerprint density at radius 3 is 2.44 bits per heavy atom.